The lowest BCUT2D eigenvalue weighted by Gasteiger charge is -2.13. The largest absolute Gasteiger partial charge is 0.434 e. The number of nitrogens with one attached hydrogen (secondary N) is 2. The minimum atomic E-state index is -2.89. The molecule has 0 radical (unpaired) electrons. The SMILES string of the molecule is Cc1c(NC(=O)NCCC(C)C)cccc1OC(F)F. The van der Waals surface area contributed by atoms with Crippen molar-refractivity contribution in [3.8, 4) is 5.75 Å². The van der Waals surface area contributed by atoms with Gasteiger partial charge in [0.05, 0.1) is 0 Å². The van der Waals surface area contributed by atoms with Gasteiger partial charge >= 0.3 is 12.6 Å². The Morgan fingerprint density at radius 2 is 2.05 bits per heavy atom. The Labute approximate surface area is 117 Å². The molecule has 0 heterocycles. The van der Waals surface area contributed by atoms with Crippen molar-refractivity contribution >= 4 is 11.7 Å². The zero-order valence-electron chi connectivity index (χ0n) is 11.9. The van der Waals surface area contributed by atoms with Gasteiger partial charge in [0.15, 0.2) is 0 Å². The van der Waals surface area contributed by atoms with Crippen LogP contribution in [0.4, 0.5) is 19.3 Å². The molecule has 1 aromatic carbocycles. The van der Waals surface area contributed by atoms with Gasteiger partial charge in [-0.2, -0.15) is 8.78 Å². The van der Waals surface area contributed by atoms with E-state index in [-0.39, 0.29) is 11.8 Å². The number of anilines is 1. The summed E-state index contributed by atoms with van der Waals surface area (Å²) in [6.07, 6.45) is 0.876. The molecule has 0 aromatic heterocycles. The molecule has 6 heteroatoms. The predicted molar refractivity (Wildman–Crippen MR) is 74.3 cm³/mol. The third-order valence-electron chi connectivity index (χ3n) is 2.76. The average Bonchev–Trinajstić information content (AvgIpc) is 2.33. The quantitative estimate of drug-likeness (QED) is 0.836. The van der Waals surface area contributed by atoms with Crippen LogP contribution in [0.3, 0.4) is 0 Å². The minimum absolute atomic E-state index is 0.0555. The van der Waals surface area contributed by atoms with Crippen LogP contribution in [0.1, 0.15) is 25.8 Å². The molecule has 20 heavy (non-hydrogen) atoms. The number of halogens is 2. The van der Waals surface area contributed by atoms with Crippen LogP contribution >= 0.6 is 0 Å². The van der Waals surface area contributed by atoms with E-state index in [9.17, 15) is 13.6 Å². The van der Waals surface area contributed by atoms with E-state index in [1.807, 2.05) is 0 Å². The standard InChI is InChI=1S/C14H20F2N2O2/c1-9(2)7-8-17-14(19)18-11-5-4-6-12(10(11)3)20-13(15)16/h4-6,9,13H,7-8H2,1-3H3,(H2,17,18,19). The van der Waals surface area contributed by atoms with E-state index in [1.165, 1.54) is 6.07 Å². The Bertz CT molecular complexity index is 451. The smallest absolute Gasteiger partial charge is 0.387 e. The van der Waals surface area contributed by atoms with Gasteiger partial charge in [-0.05, 0) is 31.4 Å². The fraction of sp³-hybridized carbons (Fsp3) is 0.500. The first-order chi connectivity index (χ1) is 9.40. The summed E-state index contributed by atoms with van der Waals surface area (Å²) < 4.78 is 28.8. The molecule has 0 unspecified atom stereocenters. The second kappa shape index (κ2) is 7.67. The molecule has 4 nitrogen and oxygen atoms in total. The zero-order chi connectivity index (χ0) is 15.1. The summed E-state index contributed by atoms with van der Waals surface area (Å²) in [5, 5.41) is 5.33. The van der Waals surface area contributed by atoms with Gasteiger partial charge in [0, 0.05) is 17.8 Å². The van der Waals surface area contributed by atoms with E-state index in [2.05, 4.69) is 29.2 Å². The highest BCUT2D eigenvalue weighted by molar-refractivity contribution is 5.90. The molecule has 1 rings (SSSR count). The van der Waals surface area contributed by atoms with Gasteiger partial charge in [0.25, 0.3) is 0 Å². The first-order valence-corrected chi connectivity index (χ1v) is 6.49. The second-order valence-corrected chi connectivity index (χ2v) is 4.87. The monoisotopic (exact) mass is 286 g/mol. The number of benzene rings is 1. The van der Waals surface area contributed by atoms with Crippen molar-refractivity contribution in [1.82, 2.24) is 5.32 Å². The summed E-state index contributed by atoms with van der Waals surface area (Å²) >= 11 is 0. The maximum atomic E-state index is 12.2. The van der Waals surface area contributed by atoms with Gasteiger partial charge in [0.2, 0.25) is 0 Å². The van der Waals surface area contributed by atoms with E-state index in [0.29, 0.717) is 23.7 Å². The normalized spacial score (nSPS) is 10.8. The molecule has 0 aliphatic carbocycles. The molecule has 0 saturated heterocycles. The lowest BCUT2D eigenvalue weighted by atomic mass is 10.1. The Morgan fingerprint density at radius 1 is 1.35 bits per heavy atom. The molecule has 1 aromatic rings. The molecule has 0 spiro atoms. The van der Waals surface area contributed by atoms with Gasteiger partial charge in [0.1, 0.15) is 5.75 Å². The highest BCUT2D eigenvalue weighted by atomic mass is 19.3. The molecule has 112 valence electrons. The molecule has 2 amide bonds. The molecular weight excluding hydrogens is 266 g/mol. The Hall–Kier alpha value is -1.85. The van der Waals surface area contributed by atoms with Crippen molar-refractivity contribution in [3.05, 3.63) is 23.8 Å². The van der Waals surface area contributed by atoms with Crippen LogP contribution in [-0.2, 0) is 0 Å². The summed E-state index contributed by atoms with van der Waals surface area (Å²) in [7, 11) is 0. The number of alkyl halides is 2. The Kier molecular flexibility index (Phi) is 6.21. The van der Waals surface area contributed by atoms with Crippen molar-refractivity contribution in [3.63, 3.8) is 0 Å². The lowest BCUT2D eigenvalue weighted by Crippen LogP contribution is -2.30. The number of carbonyl (C=O) groups excluding carboxylic acids is 1. The first kappa shape index (κ1) is 16.2. The molecule has 2 N–H and O–H groups in total. The molecule has 0 bridgehead atoms. The average molecular weight is 286 g/mol. The maximum Gasteiger partial charge on any atom is 0.387 e. The first-order valence-electron chi connectivity index (χ1n) is 6.49. The Balaban J connectivity index is 2.61. The molecule has 0 saturated carbocycles. The molecule has 0 atom stereocenters. The number of ether oxygens (including phenoxy) is 1. The fourth-order valence-electron chi connectivity index (χ4n) is 1.61. The molecular formula is C14H20F2N2O2. The number of carbonyl (C=O) groups is 1. The highest BCUT2D eigenvalue weighted by Gasteiger charge is 2.11. The number of rotatable bonds is 6. The highest BCUT2D eigenvalue weighted by Crippen LogP contribution is 2.26. The van der Waals surface area contributed by atoms with Gasteiger partial charge in [-0.25, -0.2) is 4.79 Å². The van der Waals surface area contributed by atoms with Crippen LogP contribution in [0.5, 0.6) is 5.75 Å². The minimum Gasteiger partial charge on any atom is -0.434 e. The van der Waals surface area contributed by atoms with Crippen LogP contribution in [0.15, 0.2) is 18.2 Å². The Morgan fingerprint density at radius 3 is 2.65 bits per heavy atom. The van der Waals surface area contributed by atoms with Crippen molar-refractivity contribution in [1.29, 1.82) is 0 Å². The van der Waals surface area contributed by atoms with E-state index in [4.69, 9.17) is 0 Å². The number of hydrogen-bond donors (Lipinski definition) is 2. The van der Waals surface area contributed by atoms with Gasteiger partial charge in [-0.3, -0.25) is 0 Å². The predicted octanol–water partition coefficient (Wildman–Crippen LogP) is 3.76. The molecule has 0 aliphatic heterocycles. The fourth-order valence-corrected chi connectivity index (χ4v) is 1.61. The van der Waals surface area contributed by atoms with Crippen LogP contribution < -0.4 is 15.4 Å². The summed E-state index contributed by atoms with van der Waals surface area (Å²) in [4.78, 5) is 11.7. The molecule has 0 aliphatic rings. The summed E-state index contributed by atoms with van der Waals surface area (Å²) in [6.45, 7) is 3.42. The second-order valence-electron chi connectivity index (χ2n) is 4.87. The third kappa shape index (κ3) is 5.42. The van der Waals surface area contributed by atoms with Gasteiger partial charge in [-0.15, -0.1) is 0 Å². The van der Waals surface area contributed by atoms with Crippen LogP contribution in [-0.4, -0.2) is 19.2 Å². The summed E-state index contributed by atoms with van der Waals surface area (Å²) in [5.74, 6) is 0.555. The van der Waals surface area contributed by atoms with Crippen LogP contribution in [0.25, 0.3) is 0 Å². The maximum absolute atomic E-state index is 12.2. The number of hydrogen-bond acceptors (Lipinski definition) is 2. The van der Waals surface area contributed by atoms with Gasteiger partial charge < -0.3 is 15.4 Å². The third-order valence-corrected chi connectivity index (χ3v) is 2.76. The van der Waals surface area contributed by atoms with E-state index < -0.39 is 6.61 Å². The zero-order valence-corrected chi connectivity index (χ0v) is 11.9. The van der Waals surface area contributed by atoms with Crippen LogP contribution in [0, 0.1) is 12.8 Å². The van der Waals surface area contributed by atoms with Crippen molar-refractivity contribution < 1.29 is 18.3 Å². The van der Waals surface area contributed by atoms with Crippen molar-refractivity contribution in [2.24, 2.45) is 5.92 Å². The van der Waals surface area contributed by atoms with E-state index in [0.717, 1.165) is 6.42 Å². The number of amides is 2. The summed E-state index contributed by atoms with van der Waals surface area (Å²) in [6, 6.07) is 4.26. The van der Waals surface area contributed by atoms with E-state index >= 15 is 0 Å². The lowest BCUT2D eigenvalue weighted by molar-refractivity contribution is -0.0502. The van der Waals surface area contributed by atoms with E-state index in [1.54, 1.807) is 19.1 Å². The number of urea groups is 1. The topological polar surface area (TPSA) is 50.4 Å². The summed E-state index contributed by atoms with van der Waals surface area (Å²) in [5.41, 5.74) is 0.914. The van der Waals surface area contributed by atoms with Gasteiger partial charge in [-0.1, -0.05) is 19.9 Å². The van der Waals surface area contributed by atoms with Crippen LogP contribution in [0.2, 0.25) is 0 Å². The molecule has 0 fully saturated rings. The van der Waals surface area contributed by atoms with Crippen molar-refractivity contribution in [2.75, 3.05) is 11.9 Å². The van der Waals surface area contributed by atoms with Crippen molar-refractivity contribution in [2.45, 2.75) is 33.8 Å².